The van der Waals surface area contributed by atoms with Gasteiger partial charge in [0, 0.05) is 31.7 Å². The van der Waals surface area contributed by atoms with E-state index >= 15 is 0 Å². The first kappa shape index (κ1) is 15.3. The fourth-order valence-electron chi connectivity index (χ4n) is 3.79. The Balaban J connectivity index is 1.59. The van der Waals surface area contributed by atoms with E-state index in [0.717, 1.165) is 12.1 Å². The largest absolute Gasteiger partial charge is 0.313 e. The van der Waals surface area contributed by atoms with E-state index in [0.29, 0.717) is 0 Å². The van der Waals surface area contributed by atoms with Gasteiger partial charge in [-0.2, -0.15) is 0 Å². The quantitative estimate of drug-likeness (QED) is 0.764. The summed E-state index contributed by atoms with van der Waals surface area (Å²) in [5.74, 6) is 0. The van der Waals surface area contributed by atoms with Gasteiger partial charge in [0.25, 0.3) is 0 Å². The number of rotatable bonds is 7. The maximum Gasteiger partial charge on any atom is 0.0235 e. The molecule has 1 aliphatic carbocycles. The van der Waals surface area contributed by atoms with Gasteiger partial charge in [0.15, 0.2) is 0 Å². The zero-order valence-electron chi connectivity index (χ0n) is 13.0. The number of nitrogens with zero attached hydrogens (tertiary/aromatic N) is 2. The van der Waals surface area contributed by atoms with Gasteiger partial charge in [0.1, 0.15) is 0 Å². The monoisotopic (exact) mass is 267 g/mol. The smallest absolute Gasteiger partial charge is 0.0235 e. The number of likely N-dealkylation sites (N-methyl/N-ethyl adjacent to an activating group) is 1. The van der Waals surface area contributed by atoms with Crippen LogP contribution in [0.15, 0.2) is 0 Å². The molecule has 0 radical (unpaired) electrons. The summed E-state index contributed by atoms with van der Waals surface area (Å²) >= 11 is 0. The fraction of sp³-hybridized carbons (Fsp3) is 1.00. The molecule has 0 amide bonds. The van der Waals surface area contributed by atoms with Crippen LogP contribution in [0.2, 0.25) is 0 Å². The van der Waals surface area contributed by atoms with Gasteiger partial charge >= 0.3 is 0 Å². The topological polar surface area (TPSA) is 18.5 Å². The maximum absolute atomic E-state index is 3.77. The minimum absolute atomic E-state index is 0.810. The van der Waals surface area contributed by atoms with E-state index in [9.17, 15) is 0 Å². The molecule has 1 N–H and O–H groups in total. The second kappa shape index (κ2) is 8.23. The van der Waals surface area contributed by atoms with Gasteiger partial charge < -0.3 is 10.2 Å². The summed E-state index contributed by atoms with van der Waals surface area (Å²) in [6.45, 7) is 12.0. The number of hydrogen-bond acceptors (Lipinski definition) is 3. The van der Waals surface area contributed by atoms with E-state index in [2.05, 4.69) is 29.0 Å². The molecule has 1 atom stereocenters. The lowest BCUT2D eigenvalue weighted by atomic mass is 9.95. The molecule has 1 saturated heterocycles. The molecule has 2 rings (SSSR count). The van der Waals surface area contributed by atoms with Crippen LogP contribution in [0.3, 0.4) is 0 Å². The second-order valence-corrected chi connectivity index (χ2v) is 6.25. The normalized spacial score (nSPS) is 26.4. The molecule has 0 aromatic heterocycles. The number of likely N-dealkylation sites (tertiary alicyclic amines) is 1. The standard InChI is InChI=1S/C16H33N3/c1-3-19(4-2)16-10-12-18(14-16)13-11-17-15-8-6-5-7-9-15/h15-17H,3-14H2,1-2H3. The van der Waals surface area contributed by atoms with Crippen LogP contribution in [-0.2, 0) is 0 Å². The zero-order valence-corrected chi connectivity index (χ0v) is 13.0. The molecule has 1 unspecified atom stereocenters. The molecule has 2 fully saturated rings. The Morgan fingerprint density at radius 3 is 2.47 bits per heavy atom. The van der Waals surface area contributed by atoms with Gasteiger partial charge in [-0.15, -0.1) is 0 Å². The molecule has 112 valence electrons. The van der Waals surface area contributed by atoms with Crippen molar-refractivity contribution in [3.8, 4) is 0 Å². The molecule has 1 aliphatic heterocycles. The van der Waals surface area contributed by atoms with Gasteiger partial charge in [-0.05, 0) is 38.9 Å². The van der Waals surface area contributed by atoms with E-state index in [1.54, 1.807) is 0 Å². The molecule has 0 spiro atoms. The Hall–Kier alpha value is -0.120. The fourth-order valence-corrected chi connectivity index (χ4v) is 3.79. The van der Waals surface area contributed by atoms with E-state index in [-0.39, 0.29) is 0 Å². The van der Waals surface area contributed by atoms with Crippen LogP contribution < -0.4 is 5.32 Å². The summed E-state index contributed by atoms with van der Waals surface area (Å²) in [6.07, 6.45) is 8.50. The Morgan fingerprint density at radius 1 is 1.05 bits per heavy atom. The third-order valence-electron chi connectivity index (χ3n) is 5.04. The Bertz CT molecular complexity index is 234. The van der Waals surface area contributed by atoms with Gasteiger partial charge in [-0.25, -0.2) is 0 Å². The van der Waals surface area contributed by atoms with Crippen LogP contribution in [0.5, 0.6) is 0 Å². The van der Waals surface area contributed by atoms with Crippen molar-refractivity contribution >= 4 is 0 Å². The van der Waals surface area contributed by atoms with Crippen molar-refractivity contribution in [3.05, 3.63) is 0 Å². The lowest BCUT2D eigenvalue weighted by molar-refractivity contribution is 0.210. The summed E-state index contributed by atoms with van der Waals surface area (Å²) in [6, 6.07) is 1.62. The molecule has 2 aliphatic rings. The summed E-state index contributed by atoms with van der Waals surface area (Å²) in [7, 11) is 0. The lowest BCUT2D eigenvalue weighted by Crippen LogP contribution is -2.40. The van der Waals surface area contributed by atoms with Crippen LogP contribution in [0, 0.1) is 0 Å². The summed E-state index contributed by atoms with van der Waals surface area (Å²) in [4.78, 5) is 5.27. The highest BCUT2D eigenvalue weighted by atomic mass is 15.3. The highest BCUT2D eigenvalue weighted by Crippen LogP contribution is 2.18. The predicted octanol–water partition coefficient (Wildman–Crippen LogP) is 2.32. The first-order valence-electron chi connectivity index (χ1n) is 8.53. The van der Waals surface area contributed by atoms with Crippen molar-refractivity contribution in [2.24, 2.45) is 0 Å². The van der Waals surface area contributed by atoms with Gasteiger partial charge in [0.2, 0.25) is 0 Å². The van der Waals surface area contributed by atoms with Crippen LogP contribution in [0.1, 0.15) is 52.4 Å². The third kappa shape index (κ3) is 4.73. The lowest BCUT2D eigenvalue weighted by Gasteiger charge is -2.27. The summed E-state index contributed by atoms with van der Waals surface area (Å²) in [5.41, 5.74) is 0. The van der Waals surface area contributed by atoms with Gasteiger partial charge in [0.05, 0.1) is 0 Å². The molecule has 0 bridgehead atoms. The van der Waals surface area contributed by atoms with E-state index in [4.69, 9.17) is 0 Å². The van der Waals surface area contributed by atoms with Crippen LogP contribution in [-0.4, -0.2) is 61.2 Å². The molecule has 3 heteroatoms. The molecule has 1 heterocycles. The van der Waals surface area contributed by atoms with Crippen molar-refractivity contribution in [2.75, 3.05) is 39.3 Å². The number of nitrogens with one attached hydrogen (secondary N) is 1. The van der Waals surface area contributed by atoms with E-state index < -0.39 is 0 Å². The summed E-state index contributed by atoms with van der Waals surface area (Å²) in [5, 5.41) is 3.77. The maximum atomic E-state index is 3.77. The van der Waals surface area contributed by atoms with Crippen molar-refractivity contribution in [2.45, 2.75) is 64.5 Å². The number of hydrogen-bond donors (Lipinski definition) is 1. The first-order chi connectivity index (χ1) is 9.33. The molecule has 1 saturated carbocycles. The molecular formula is C16H33N3. The average molecular weight is 267 g/mol. The van der Waals surface area contributed by atoms with Gasteiger partial charge in [-0.3, -0.25) is 4.90 Å². The molecule has 0 aromatic carbocycles. The van der Waals surface area contributed by atoms with Crippen molar-refractivity contribution in [1.29, 1.82) is 0 Å². The SMILES string of the molecule is CCN(CC)C1CCN(CCNC2CCCCC2)C1. The Kier molecular flexibility index (Phi) is 6.62. The van der Waals surface area contributed by atoms with Crippen LogP contribution >= 0.6 is 0 Å². The third-order valence-corrected chi connectivity index (χ3v) is 5.04. The Morgan fingerprint density at radius 2 is 1.79 bits per heavy atom. The van der Waals surface area contributed by atoms with Crippen molar-refractivity contribution in [3.63, 3.8) is 0 Å². The van der Waals surface area contributed by atoms with Crippen LogP contribution in [0.4, 0.5) is 0 Å². The minimum atomic E-state index is 0.810. The molecular weight excluding hydrogens is 234 g/mol. The zero-order chi connectivity index (χ0) is 13.5. The van der Waals surface area contributed by atoms with Crippen molar-refractivity contribution in [1.82, 2.24) is 15.1 Å². The van der Waals surface area contributed by atoms with E-state index in [1.165, 1.54) is 77.8 Å². The highest BCUT2D eigenvalue weighted by molar-refractivity contribution is 4.83. The average Bonchev–Trinajstić information content (AvgIpc) is 2.90. The molecule has 19 heavy (non-hydrogen) atoms. The van der Waals surface area contributed by atoms with Gasteiger partial charge in [-0.1, -0.05) is 33.1 Å². The molecule has 0 aromatic rings. The Labute approximate surface area is 119 Å². The van der Waals surface area contributed by atoms with E-state index in [1.807, 2.05) is 0 Å². The second-order valence-electron chi connectivity index (χ2n) is 6.25. The highest BCUT2D eigenvalue weighted by Gasteiger charge is 2.25. The van der Waals surface area contributed by atoms with Crippen LogP contribution in [0.25, 0.3) is 0 Å². The minimum Gasteiger partial charge on any atom is -0.313 e. The summed E-state index contributed by atoms with van der Waals surface area (Å²) < 4.78 is 0. The first-order valence-corrected chi connectivity index (χ1v) is 8.53. The predicted molar refractivity (Wildman–Crippen MR) is 82.6 cm³/mol. The molecule has 3 nitrogen and oxygen atoms in total. The van der Waals surface area contributed by atoms with Crippen molar-refractivity contribution < 1.29 is 0 Å².